The molecule has 0 amide bonds. The second-order valence-corrected chi connectivity index (χ2v) is 14.0. The molecule has 10 aromatic carbocycles. The summed E-state index contributed by atoms with van der Waals surface area (Å²) < 4.78 is 2.42. The van der Waals surface area contributed by atoms with E-state index in [-0.39, 0.29) is 0 Å². The molecule has 1 nitrogen and oxygen atoms in total. The van der Waals surface area contributed by atoms with E-state index in [1.807, 2.05) is 0 Å². The molecule has 0 atom stereocenters. The maximum Gasteiger partial charge on any atom is 0.0541 e. The standard InChI is InChI=1S/C52H33N/c1-3-15-34(16-4-1)50-42-23-11-13-25-44(42)52(45-26-14-12-24-43(45)50)38-28-30-49-47(33-38)46-32-37(27-29-48(46)53(49)39-19-5-2-6-20-39)51-40-21-9-7-17-35(40)31-36-18-8-10-22-41(36)51/h1-33H. The summed E-state index contributed by atoms with van der Waals surface area (Å²) in [5.74, 6) is 0. The van der Waals surface area contributed by atoms with Gasteiger partial charge in [-0.2, -0.15) is 0 Å². The van der Waals surface area contributed by atoms with Gasteiger partial charge < -0.3 is 4.57 Å². The molecule has 0 unspecified atom stereocenters. The number of rotatable bonds is 4. The SMILES string of the molecule is c1ccc(-c2c3ccccc3c(-c3ccc4c(c3)c3cc(-c5c6ccccc6cc6ccccc56)ccc3n4-c3ccccc3)c3ccccc23)cc1. The topological polar surface area (TPSA) is 4.93 Å². The quantitative estimate of drug-likeness (QED) is 0.164. The first-order valence-electron chi connectivity index (χ1n) is 18.4. The van der Waals surface area contributed by atoms with Gasteiger partial charge >= 0.3 is 0 Å². The molecule has 0 spiro atoms. The normalized spacial score (nSPS) is 11.8. The fourth-order valence-corrected chi connectivity index (χ4v) is 8.87. The molecule has 53 heavy (non-hydrogen) atoms. The molecule has 0 N–H and O–H groups in total. The monoisotopic (exact) mass is 671 g/mol. The Morgan fingerprint density at radius 1 is 0.245 bits per heavy atom. The van der Waals surface area contributed by atoms with E-state index in [0.29, 0.717) is 0 Å². The lowest BCUT2D eigenvalue weighted by atomic mass is 9.85. The summed E-state index contributed by atoms with van der Waals surface area (Å²) in [4.78, 5) is 0. The van der Waals surface area contributed by atoms with Gasteiger partial charge in [0.1, 0.15) is 0 Å². The van der Waals surface area contributed by atoms with E-state index in [0.717, 1.165) is 5.69 Å². The lowest BCUT2D eigenvalue weighted by molar-refractivity contribution is 1.18. The van der Waals surface area contributed by atoms with Gasteiger partial charge in [0.2, 0.25) is 0 Å². The highest BCUT2D eigenvalue weighted by Crippen LogP contribution is 2.46. The second kappa shape index (κ2) is 11.8. The van der Waals surface area contributed by atoms with Crippen LogP contribution < -0.4 is 0 Å². The van der Waals surface area contributed by atoms with Gasteiger partial charge in [0.05, 0.1) is 11.0 Å². The van der Waals surface area contributed by atoms with Gasteiger partial charge in [0, 0.05) is 16.5 Å². The van der Waals surface area contributed by atoms with Crippen LogP contribution in [0.3, 0.4) is 0 Å². The maximum absolute atomic E-state index is 2.44. The van der Waals surface area contributed by atoms with E-state index in [1.165, 1.54) is 98.3 Å². The zero-order valence-corrected chi connectivity index (χ0v) is 29.0. The van der Waals surface area contributed by atoms with E-state index in [1.54, 1.807) is 0 Å². The highest BCUT2D eigenvalue weighted by molar-refractivity contribution is 6.23. The van der Waals surface area contributed by atoms with E-state index < -0.39 is 0 Å². The Bertz CT molecular complexity index is 3090. The highest BCUT2D eigenvalue weighted by Gasteiger charge is 2.20. The molecule has 0 saturated carbocycles. The molecule has 1 heterocycles. The Kier molecular flexibility index (Phi) is 6.62. The number of para-hydroxylation sites is 1. The van der Waals surface area contributed by atoms with Crippen LogP contribution in [0.15, 0.2) is 200 Å². The molecule has 1 heteroatoms. The molecule has 0 fully saturated rings. The summed E-state index contributed by atoms with van der Waals surface area (Å²) in [5.41, 5.74) is 11.1. The summed E-state index contributed by atoms with van der Waals surface area (Å²) >= 11 is 0. The van der Waals surface area contributed by atoms with Crippen LogP contribution >= 0.6 is 0 Å². The second-order valence-electron chi connectivity index (χ2n) is 14.0. The molecule has 11 aromatic rings. The Hall–Kier alpha value is -6.96. The predicted octanol–water partition coefficient (Wildman–Crippen LogP) is 14.4. The Balaban J connectivity index is 1.24. The van der Waals surface area contributed by atoms with E-state index in [4.69, 9.17) is 0 Å². The van der Waals surface area contributed by atoms with Crippen molar-refractivity contribution < 1.29 is 0 Å². The third-order valence-corrected chi connectivity index (χ3v) is 11.1. The smallest absolute Gasteiger partial charge is 0.0541 e. The fourth-order valence-electron chi connectivity index (χ4n) is 8.87. The minimum absolute atomic E-state index is 1.16. The summed E-state index contributed by atoms with van der Waals surface area (Å²) in [5, 5.41) is 12.6. The van der Waals surface area contributed by atoms with Gasteiger partial charge in [-0.25, -0.2) is 0 Å². The highest BCUT2D eigenvalue weighted by atomic mass is 15.0. The van der Waals surface area contributed by atoms with E-state index in [2.05, 4.69) is 205 Å². The third-order valence-electron chi connectivity index (χ3n) is 11.1. The van der Waals surface area contributed by atoms with Crippen molar-refractivity contribution in [2.24, 2.45) is 0 Å². The van der Waals surface area contributed by atoms with Crippen LogP contribution in [0, 0.1) is 0 Å². The molecule has 0 bridgehead atoms. The van der Waals surface area contributed by atoms with Crippen molar-refractivity contribution in [3.05, 3.63) is 200 Å². The molecule has 0 saturated heterocycles. The zero-order valence-electron chi connectivity index (χ0n) is 29.0. The molecule has 0 aliphatic heterocycles. The summed E-state index contributed by atoms with van der Waals surface area (Å²) in [6.45, 7) is 0. The predicted molar refractivity (Wildman–Crippen MR) is 227 cm³/mol. The van der Waals surface area contributed by atoms with Crippen molar-refractivity contribution >= 4 is 64.9 Å². The van der Waals surface area contributed by atoms with E-state index in [9.17, 15) is 0 Å². The van der Waals surface area contributed by atoms with Gasteiger partial charge in [-0.3, -0.25) is 0 Å². The zero-order chi connectivity index (χ0) is 34.9. The molecular formula is C52H33N. The molecule has 0 aliphatic rings. The summed E-state index contributed by atoms with van der Waals surface area (Å²) in [7, 11) is 0. The van der Waals surface area contributed by atoms with Gasteiger partial charge in [-0.1, -0.05) is 158 Å². The van der Waals surface area contributed by atoms with Crippen LogP contribution in [-0.4, -0.2) is 4.57 Å². The molecule has 0 radical (unpaired) electrons. The van der Waals surface area contributed by atoms with Gasteiger partial charge in [-0.15, -0.1) is 0 Å². The largest absolute Gasteiger partial charge is 0.309 e. The van der Waals surface area contributed by atoms with Crippen LogP contribution in [0.25, 0.3) is 104 Å². The minimum Gasteiger partial charge on any atom is -0.309 e. The van der Waals surface area contributed by atoms with Crippen molar-refractivity contribution in [1.29, 1.82) is 0 Å². The number of aromatic nitrogens is 1. The van der Waals surface area contributed by atoms with Gasteiger partial charge in [0.15, 0.2) is 0 Å². The molecule has 0 aliphatic carbocycles. The van der Waals surface area contributed by atoms with Crippen LogP contribution in [-0.2, 0) is 0 Å². The number of benzene rings is 10. The Morgan fingerprint density at radius 3 is 1.11 bits per heavy atom. The summed E-state index contributed by atoms with van der Waals surface area (Å²) in [6.07, 6.45) is 0. The molecule has 11 rings (SSSR count). The Morgan fingerprint density at radius 2 is 0.623 bits per heavy atom. The van der Waals surface area contributed by atoms with Crippen molar-refractivity contribution in [2.75, 3.05) is 0 Å². The number of nitrogens with zero attached hydrogens (tertiary/aromatic N) is 1. The molecular weight excluding hydrogens is 639 g/mol. The molecule has 1 aromatic heterocycles. The maximum atomic E-state index is 2.44. The van der Waals surface area contributed by atoms with Crippen LogP contribution in [0.5, 0.6) is 0 Å². The Labute approximate surface area is 307 Å². The average molecular weight is 672 g/mol. The van der Waals surface area contributed by atoms with Crippen LogP contribution in [0.2, 0.25) is 0 Å². The van der Waals surface area contributed by atoms with Crippen molar-refractivity contribution in [1.82, 2.24) is 4.57 Å². The van der Waals surface area contributed by atoms with Crippen molar-refractivity contribution in [3.8, 4) is 39.1 Å². The van der Waals surface area contributed by atoms with E-state index >= 15 is 0 Å². The summed E-state index contributed by atoms with van der Waals surface area (Å²) in [6, 6.07) is 73.5. The van der Waals surface area contributed by atoms with Crippen molar-refractivity contribution in [2.45, 2.75) is 0 Å². The molecule has 246 valence electrons. The van der Waals surface area contributed by atoms with Gasteiger partial charge in [-0.05, 0) is 119 Å². The first kappa shape index (κ1) is 29.7. The third kappa shape index (κ3) is 4.58. The lowest BCUT2D eigenvalue weighted by Crippen LogP contribution is -1.93. The number of hydrogen-bond acceptors (Lipinski definition) is 0. The van der Waals surface area contributed by atoms with Crippen molar-refractivity contribution in [3.63, 3.8) is 0 Å². The minimum atomic E-state index is 1.16. The lowest BCUT2D eigenvalue weighted by Gasteiger charge is -2.18. The van der Waals surface area contributed by atoms with Crippen LogP contribution in [0.4, 0.5) is 0 Å². The van der Waals surface area contributed by atoms with Crippen LogP contribution in [0.1, 0.15) is 0 Å². The number of fused-ring (bicyclic) bond motifs is 7. The fraction of sp³-hybridized carbons (Fsp3) is 0. The van der Waals surface area contributed by atoms with Gasteiger partial charge in [0.25, 0.3) is 0 Å². The first-order valence-corrected chi connectivity index (χ1v) is 18.4. The average Bonchev–Trinajstić information content (AvgIpc) is 3.55. The number of hydrogen-bond donors (Lipinski definition) is 0. The first-order chi connectivity index (χ1) is 26.3.